The molecule has 0 spiro atoms. The Morgan fingerprint density at radius 3 is 2.56 bits per heavy atom. The van der Waals surface area contributed by atoms with Gasteiger partial charge >= 0.3 is 0 Å². The number of carbonyl (C=O) groups is 1. The molecule has 0 aromatic carbocycles. The van der Waals surface area contributed by atoms with Crippen LogP contribution in [0.25, 0.3) is 0 Å². The Morgan fingerprint density at radius 2 is 1.94 bits per heavy atom. The molecule has 1 nitrogen and oxygen atoms in total. The normalized spacial score (nSPS) is 46.6. The second-order valence-electron chi connectivity index (χ2n) is 7.94. The fraction of sp³-hybridized carbons (Fsp3) is 0.941. The average Bonchev–Trinajstić information content (AvgIpc) is 2.86. The molecule has 3 aliphatic rings. The fourth-order valence-electron chi connectivity index (χ4n) is 5.38. The Kier molecular flexibility index (Phi) is 3.07. The van der Waals surface area contributed by atoms with Gasteiger partial charge in [-0.1, -0.05) is 20.8 Å². The molecule has 1 heteroatoms. The Balaban J connectivity index is 1.65. The number of Topliss-reactive ketones (excluding diaryl/α,β-unsaturated/α-hetero) is 1. The van der Waals surface area contributed by atoms with E-state index in [4.69, 9.17) is 0 Å². The molecule has 0 heterocycles. The maximum atomic E-state index is 11.6. The first-order valence-electron chi connectivity index (χ1n) is 8.01. The summed E-state index contributed by atoms with van der Waals surface area (Å²) < 4.78 is 0. The molecule has 0 unspecified atom stereocenters. The standard InChI is InChI=1S/C17H28O/c1-11-8-12(4-7-16(11)18)9-15-13-5-6-14(10-13)17(15,2)3/h11-15H,4-10H2,1-3H3/t11-,12-,13+,14+,15+/m1/s1. The molecule has 3 saturated carbocycles. The summed E-state index contributed by atoms with van der Waals surface area (Å²) in [6.45, 7) is 7.16. The summed E-state index contributed by atoms with van der Waals surface area (Å²) in [5, 5.41) is 0. The van der Waals surface area contributed by atoms with Gasteiger partial charge in [0.25, 0.3) is 0 Å². The molecule has 0 N–H and O–H groups in total. The number of carbonyl (C=O) groups excluding carboxylic acids is 1. The van der Waals surface area contributed by atoms with E-state index in [1.54, 1.807) is 0 Å². The van der Waals surface area contributed by atoms with Crippen LogP contribution in [0.5, 0.6) is 0 Å². The van der Waals surface area contributed by atoms with Crippen LogP contribution in [0.2, 0.25) is 0 Å². The lowest BCUT2D eigenvalue weighted by Gasteiger charge is -2.41. The van der Waals surface area contributed by atoms with Crippen LogP contribution in [0.15, 0.2) is 0 Å². The van der Waals surface area contributed by atoms with Crippen molar-refractivity contribution in [2.45, 2.75) is 65.7 Å². The molecule has 18 heavy (non-hydrogen) atoms. The third-order valence-corrected chi connectivity index (χ3v) is 6.67. The smallest absolute Gasteiger partial charge is 0.135 e. The van der Waals surface area contributed by atoms with Crippen molar-refractivity contribution in [1.29, 1.82) is 0 Å². The Labute approximate surface area is 112 Å². The molecule has 3 fully saturated rings. The molecular weight excluding hydrogens is 220 g/mol. The minimum Gasteiger partial charge on any atom is -0.299 e. The van der Waals surface area contributed by atoms with E-state index in [0.29, 0.717) is 17.1 Å². The quantitative estimate of drug-likeness (QED) is 0.705. The second-order valence-corrected chi connectivity index (χ2v) is 7.94. The zero-order valence-electron chi connectivity index (χ0n) is 12.2. The van der Waals surface area contributed by atoms with Gasteiger partial charge in [0.15, 0.2) is 0 Å². The van der Waals surface area contributed by atoms with E-state index in [-0.39, 0.29) is 0 Å². The molecule has 0 saturated heterocycles. The lowest BCUT2D eigenvalue weighted by atomic mass is 9.64. The highest BCUT2D eigenvalue weighted by atomic mass is 16.1. The molecule has 0 aromatic heterocycles. The number of rotatable bonds is 2. The fourth-order valence-corrected chi connectivity index (χ4v) is 5.38. The van der Waals surface area contributed by atoms with E-state index < -0.39 is 0 Å². The molecule has 0 aromatic rings. The van der Waals surface area contributed by atoms with Gasteiger partial charge in [0.2, 0.25) is 0 Å². The number of fused-ring (bicyclic) bond motifs is 2. The molecule has 102 valence electrons. The molecule has 0 radical (unpaired) electrons. The number of ketones is 1. The van der Waals surface area contributed by atoms with Crippen molar-refractivity contribution < 1.29 is 4.79 Å². The van der Waals surface area contributed by atoms with Gasteiger partial charge in [-0.05, 0) is 67.6 Å². The first-order chi connectivity index (χ1) is 8.48. The third kappa shape index (κ3) is 1.94. The minimum atomic E-state index is 0.338. The maximum absolute atomic E-state index is 11.6. The molecular formula is C17H28O. The first-order valence-corrected chi connectivity index (χ1v) is 8.01. The highest BCUT2D eigenvalue weighted by Crippen LogP contribution is 2.61. The molecule has 0 amide bonds. The SMILES string of the molecule is C[C@@H]1C[C@H](C[C@H]2[C@H]3CC[C@@H](C3)C2(C)C)CCC1=O. The van der Waals surface area contributed by atoms with Crippen molar-refractivity contribution >= 4 is 5.78 Å². The molecule has 5 atom stereocenters. The monoisotopic (exact) mass is 248 g/mol. The predicted octanol–water partition coefficient (Wildman–Crippen LogP) is 4.45. The Morgan fingerprint density at radius 1 is 1.17 bits per heavy atom. The van der Waals surface area contributed by atoms with Gasteiger partial charge < -0.3 is 0 Å². The highest BCUT2D eigenvalue weighted by molar-refractivity contribution is 5.81. The van der Waals surface area contributed by atoms with Gasteiger partial charge in [-0.2, -0.15) is 0 Å². The van der Waals surface area contributed by atoms with Gasteiger partial charge in [-0.25, -0.2) is 0 Å². The van der Waals surface area contributed by atoms with Crippen LogP contribution in [-0.2, 0) is 4.79 Å². The van der Waals surface area contributed by atoms with E-state index in [1.807, 2.05) is 0 Å². The van der Waals surface area contributed by atoms with Gasteiger partial charge in [-0.15, -0.1) is 0 Å². The zero-order valence-corrected chi connectivity index (χ0v) is 12.2. The Hall–Kier alpha value is -0.330. The van der Waals surface area contributed by atoms with Crippen LogP contribution >= 0.6 is 0 Å². The molecule has 3 rings (SSSR count). The molecule has 0 aliphatic heterocycles. The van der Waals surface area contributed by atoms with Crippen molar-refractivity contribution in [1.82, 2.24) is 0 Å². The summed E-state index contributed by atoms with van der Waals surface area (Å²) in [4.78, 5) is 11.6. The molecule has 2 bridgehead atoms. The van der Waals surface area contributed by atoms with E-state index >= 15 is 0 Å². The lowest BCUT2D eigenvalue weighted by Crippen LogP contribution is -2.34. The number of hydrogen-bond donors (Lipinski definition) is 0. The first kappa shape index (κ1) is 12.7. The average molecular weight is 248 g/mol. The van der Waals surface area contributed by atoms with Gasteiger partial charge in [0.05, 0.1) is 0 Å². The topological polar surface area (TPSA) is 17.1 Å². The van der Waals surface area contributed by atoms with Crippen LogP contribution < -0.4 is 0 Å². The van der Waals surface area contributed by atoms with Crippen LogP contribution in [0, 0.1) is 35.0 Å². The van der Waals surface area contributed by atoms with Crippen LogP contribution in [0.4, 0.5) is 0 Å². The largest absolute Gasteiger partial charge is 0.299 e. The second kappa shape index (κ2) is 4.35. The Bertz CT molecular complexity index is 344. The summed E-state index contributed by atoms with van der Waals surface area (Å²) in [6, 6.07) is 0. The summed E-state index contributed by atoms with van der Waals surface area (Å²) in [7, 11) is 0. The van der Waals surface area contributed by atoms with Crippen molar-refractivity contribution in [3.63, 3.8) is 0 Å². The van der Waals surface area contributed by atoms with Gasteiger partial charge in [-0.3, -0.25) is 4.79 Å². The highest BCUT2D eigenvalue weighted by Gasteiger charge is 2.52. The van der Waals surface area contributed by atoms with Crippen LogP contribution in [-0.4, -0.2) is 5.78 Å². The van der Waals surface area contributed by atoms with Gasteiger partial charge in [0.1, 0.15) is 5.78 Å². The van der Waals surface area contributed by atoms with Crippen molar-refractivity contribution in [3.8, 4) is 0 Å². The lowest BCUT2D eigenvalue weighted by molar-refractivity contribution is -0.125. The van der Waals surface area contributed by atoms with E-state index in [2.05, 4.69) is 20.8 Å². The maximum Gasteiger partial charge on any atom is 0.135 e. The summed E-state index contributed by atoms with van der Waals surface area (Å²) in [5.74, 6) is 4.64. The van der Waals surface area contributed by atoms with Gasteiger partial charge in [0, 0.05) is 12.3 Å². The summed E-state index contributed by atoms with van der Waals surface area (Å²) in [5.41, 5.74) is 0.577. The van der Waals surface area contributed by atoms with Crippen molar-refractivity contribution in [2.75, 3.05) is 0 Å². The predicted molar refractivity (Wildman–Crippen MR) is 74.2 cm³/mol. The van der Waals surface area contributed by atoms with Crippen molar-refractivity contribution in [3.05, 3.63) is 0 Å². The zero-order chi connectivity index (χ0) is 12.9. The summed E-state index contributed by atoms with van der Waals surface area (Å²) >= 11 is 0. The third-order valence-electron chi connectivity index (χ3n) is 6.67. The summed E-state index contributed by atoms with van der Waals surface area (Å²) in [6.07, 6.45) is 9.07. The molecule has 3 aliphatic carbocycles. The van der Waals surface area contributed by atoms with Crippen LogP contribution in [0.3, 0.4) is 0 Å². The van der Waals surface area contributed by atoms with E-state index in [9.17, 15) is 4.79 Å². The van der Waals surface area contributed by atoms with E-state index in [0.717, 1.165) is 30.1 Å². The van der Waals surface area contributed by atoms with Crippen molar-refractivity contribution in [2.24, 2.45) is 35.0 Å². The van der Waals surface area contributed by atoms with E-state index in [1.165, 1.54) is 38.5 Å². The van der Waals surface area contributed by atoms with Crippen LogP contribution in [0.1, 0.15) is 65.7 Å². The number of hydrogen-bond acceptors (Lipinski definition) is 1. The minimum absolute atomic E-state index is 0.338.